The second kappa shape index (κ2) is 4.70. The van der Waals surface area contributed by atoms with Gasteiger partial charge in [0.1, 0.15) is 0 Å². The van der Waals surface area contributed by atoms with Gasteiger partial charge in [-0.1, -0.05) is 43.7 Å². The molecule has 1 aromatic rings. The monoisotopic (exact) mass is 162 g/mol. The molecule has 0 aliphatic rings. The normalized spacial score (nSPS) is 9.75. The second-order valence-electron chi connectivity index (χ2n) is 2.89. The van der Waals surface area contributed by atoms with Crippen molar-refractivity contribution in [1.29, 1.82) is 0 Å². The van der Waals surface area contributed by atoms with E-state index in [4.69, 9.17) is 0 Å². The lowest BCUT2D eigenvalue weighted by atomic mass is 10.1. The summed E-state index contributed by atoms with van der Waals surface area (Å²) in [4.78, 5) is 11.4. The molecular weight excluding hydrogens is 148 g/mol. The molecule has 0 unspecified atom stereocenters. The molecule has 0 atom stereocenters. The predicted octanol–water partition coefficient (Wildman–Crippen LogP) is 3.06. The number of Topliss-reactive ketones (excluding diaryl/α,β-unsaturated/α-hetero) is 1. The SMILES string of the molecule is CCCCC(=O)c1ccccc1. The summed E-state index contributed by atoms with van der Waals surface area (Å²) in [5.41, 5.74) is 0.839. The number of hydrogen-bond donors (Lipinski definition) is 0. The summed E-state index contributed by atoms with van der Waals surface area (Å²) in [5, 5.41) is 0. The lowest BCUT2D eigenvalue weighted by Gasteiger charge is -1.97. The number of carbonyl (C=O) groups excluding carboxylic acids is 1. The molecule has 0 saturated carbocycles. The third-order valence-electron chi connectivity index (χ3n) is 1.85. The van der Waals surface area contributed by atoms with Gasteiger partial charge >= 0.3 is 0 Å². The van der Waals surface area contributed by atoms with Gasteiger partial charge < -0.3 is 0 Å². The topological polar surface area (TPSA) is 17.1 Å². The first-order chi connectivity index (χ1) is 5.84. The lowest BCUT2D eigenvalue weighted by Crippen LogP contribution is -1.97. The molecule has 0 aliphatic heterocycles. The Hall–Kier alpha value is -1.11. The Morgan fingerprint density at radius 3 is 2.50 bits per heavy atom. The highest BCUT2D eigenvalue weighted by Crippen LogP contribution is 2.05. The van der Waals surface area contributed by atoms with Crippen LogP contribution in [0.4, 0.5) is 0 Å². The maximum Gasteiger partial charge on any atom is 0.162 e. The van der Waals surface area contributed by atoms with E-state index in [-0.39, 0.29) is 5.78 Å². The van der Waals surface area contributed by atoms with Crippen molar-refractivity contribution in [3.63, 3.8) is 0 Å². The van der Waals surface area contributed by atoms with Gasteiger partial charge in [-0.15, -0.1) is 0 Å². The average molecular weight is 162 g/mol. The van der Waals surface area contributed by atoms with Crippen molar-refractivity contribution < 1.29 is 4.79 Å². The first-order valence-corrected chi connectivity index (χ1v) is 4.43. The molecule has 0 aromatic heterocycles. The third kappa shape index (κ3) is 2.50. The van der Waals surface area contributed by atoms with Gasteiger partial charge in [-0.3, -0.25) is 4.79 Å². The van der Waals surface area contributed by atoms with Gasteiger partial charge in [0.2, 0.25) is 0 Å². The van der Waals surface area contributed by atoms with Gasteiger partial charge in [-0.2, -0.15) is 0 Å². The molecule has 1 rings (SSSR count). The minimum atomic E-state index is 0.262. The van der Waals surface area contributed by atoms with Crippen molar-refractivity contribution in [3.05, 3.63) is 35.9 Å². The average Bonchev–Trinajstić information content (AvgIpc) is 2.15. The van der Waals surface area contributed by atoms with Crippen LogP contribution in [0.3, 0.4) is 0 Å². The maximum absolute atomic E-state index is 11.4. The van der Waals surface area contributed by atoms with E-state index in [1.54, 1.807) is 0 Å². The number of hydrogen-bond acceptors (Lipinski definition) is 1. The fourth-order valence-electron chi connectivity index (χ4n) is 1.11. The highest BCUT2D eigenvalue weighted by molar-refractivity contribution is 5.95. The molecule has 0 saturated heterocycles. The van der Waals surface area contributed by atoms with Crippen LogP contribution in [0, 0.1) is 0 Å². The Bertz CT molecular complexity index is 238. The summed E-state index contributed by atoms with van der Waals surface area (Å²) in [6.07, 6.45) is 2.76. The van der Waals surface area contributed by atoms with Crippen molar-refractivity contribution in [2.24, 2.45) is 0 Å². The van der Waals surface area contributed by atoms with Crippen molar-refractivity contribution in [3.8, 4) is 0 Å². The van der Waals surface area contributed by atoms with Crippen LogP contribution in [0.5, 0.6) is 0 Å². The van der Waals surface area contributed by atoms with Crippen molar-refractivity contribution >= 4 is 5.78 Å². The van der Waals surface area contributed by atoms with Crippen LogP contribution in [0.2, 0.25) is 0 Å². The Morgan fingerprint density at radius 1 is 1.25 bits per heavy atom. The van der Waals surface area contributed by atoms with Gasteiger partial charge in [-0.05, 0) is 6.42 Å². The Balaban J connectivity index is 2.54. The molecule has 0 aliphatic carbocycles. The predicted molar refractivity (Wildman–Crippen MR) is 50.3 cm³/mol. The zero-order chi connectivity index (χ0) is 8.81. The molecule has 0 fully saturated rings. The molecule has 1 heteroatoms. The molecule has 0 radical (unpaired) electrons. The van der Waals surface area contributed by atoms with Gasteiger partial charge in [0.25, 0.3) is 0 Å². The zero-order valence-electron chi connectivity index (χ0n) is 7.42. The van der Waals surface area contributed by atoms with Crippen LogP contribution in [0.1, 0.15) is 36.5 Å². The second-order valence-corrected chi connectivity index (χ2v) is 2.89. The van der Waals surface area contributed by atoms with Gasteiger partial charge in [0.15, 0.2) is 5.78 Å². The summed E-state index contributed by atoms with van der Waals surface area (Å²) in [6, 6.07) is 9.48. The van der Waals surface area contributed by atoms with E-state index in [9.17, 15) is 4.79 Å². The molecular formula is C11H14O. The van der Waals surface area contributed by atoms with Crippen LogP contribution in [-0.2, 0) is 0 Å². The van der Waals surface area contributed by atoms with Crippen LogP contribution >= 0.6 is 0 Å². The molecule has 0 spiro atoms. The fraction of sp³-hybridized carbons (Fsp3) is 0.364. The molecule has 12 heavy (non-hydrogen) atoms. The van der Waals surface area contributed by atoms with E-state index < -0.39 is 0 Å². The highest BCUT2D eigenvalue weighted by Gasteiger charge is 2.02. The van der Waals surface area contributed by atoms with E-state index >= 15 is 0 Å². The van der Waals surface area contributed by atoms with Crippen molar-refractivity contribution in [2.75, 3.05) is 0 Å². The van der Waals surface area contributed by atoms with Crippen LogP contribution in [0.25, 0.3) is 0 Å². The molecule has 1 nitrogen and oxygen atoms in total. The summed E-state index contributed by atoms with van der Waals surface area (Å²) in [6.45, 7) is 2.10. The summed E-state index contributed by atoms with van der Waals surface area (Å²) in [7, 11) is 0. The molecule has 1 aromatic carbocycles. The smallest absolute Gasteiger partial charge is 0.162 e. The quantitative estimate of drug-likeness (QED) is 0.622. The molecule has 0 heterocycles. The van der Waals surface area contributed by atoms with Crippen LogP contribution in [-0.4, -0.2) is 5.78 Å². The lowest BCUT2D eigenvalue weighted by molar-refractivity contribution is 0.0980. The molecule has 0 amide bonds. The number of rotatable bonds is 4. The number of benzene rings is 1. The third-order valence-corrected chi connectivity index (χ3v) is 1.85. The van der Waals surface area contributed by atoms with Gasteiger partial charge in [0, 0.05) is 12.0 Å². The van der Waals surface area contributed by atoms with E-state index in [1.165, 1.54) is 0 Å². The largest absolute Gasteiger partial charge is 0.294 e. The molecule has 0 bridgehead atoms. The Labute approximate surface area is 73.4 Å². The highest BCUT2D eigenvalue weighted by atomic mass is 16.1. The van der Waals surface area contributed by atoms with Crippen molar-refractivity contribution in [2.45, 2.75) is 26.2 Å². The minimum Gasteiger partial charge on any atom is -0.294 e. The van der Waals surface area contributed by atoms with Crippen molar-refractivity contribution in [1.82, 2.24) is 0 Å². The Kier molecular flexibility index (Phi) is 3.52. The Morgan fingerprint density at radius 2 is 1.92 bits per heavy atom. The summed E-state index contributed by atoms with van der Waals surface area (Å²) >= 11 is 0. The number of unbranched alkanes of at least 4 members (excludes halogenated alkanes) is 1. The van der Waals surface area contributed by atoms with E-state index in [0.29, 0.717) is 6.42 Å². The first kappa shape index (κ1) is 8.98. The minimum absolute atomic E-state index is 0.262. The molecule has 64 valence electrons. The zero-order valence-corrected chi connectivity index (χ0v) is 7.42. The summed E-state index contributed by atoms with van der Waals surface area (Å²) in [5.74, 6) is 0.262. The molecule has 0 N–H and O–H groups in total. The van der Waals surface area contributed by atoms with Crippen LogP contribution in [0.15, 0.2) is 30.3 Å². The van der Waals surface area contributed by atoms with Gasteiger partial charge in [0.05, 0.1) is 0 Å². The maximum atomic E-state index is 11.4. The van der Waals surface area contributed by atoms with E-state index in [2.05, 4.69) is 6.92 Å². The summed E-state index contributed by atoms with van der Waals surface area (Å²) < 4.78 is 0. The van der Waals surface area contributed by atoms with E-state index in [1.807, 2.05) is 30.3 Å². The first-order valence-electron chi connectivity index (χ1n) is 4.43. The fourth-order valence-corrected chi connectivity index (χ4v) is 1.11. The van der Waals surface area contributed by atoms with Gasteiger partial charge in [-0.25, -0.2) is 0 Å². The van der Waals surface area contributed by atoms with E-state index in [0.717, 1.165) is 18.4 Å². The number of ketones is 1. The number of carbonyl (C=O) groups is 1. The van der Waals surface area contributed by atoms with Crippen LogP contribution < -0.4 is 0 Å². The standard InChI is InChI=1S/C11H14O/c1-2-3-9-11(12)10-7-5-4-6-8-10/h4-8H,2-3,9H2,1H3.